The van der Waals surface area contributed by atoms with E-state index in [1.165, 1.54) is 12.8 Å². The molecular formula is C14H19NO2. The number of carbonyl (C=O) groups is 1. The summed E-state index contributed by atoms with van der Waals surface area (Å²) in [7, 11) is 0. The quantitative estimate of drug-likeness (QED) is 0.867. The fraction of sp³-hybridized carbons (Fsp3) is 0.500. The third-order valence-electron chi connectivity index (χ3n) is 3.52. The van der Waals surface area contributed by atoms with Crippen molar-refractivity contribution in [3.63, 3.8) is 0 Å². The zero-order chi connectivity index (χ0) is 12.3. The standard InChI is InChI=1S/C14H19NO2/c1-11-5-4-8-15(11)10-13-7-3-2-6-12(13)9-14(16)17/h2-3,6-7,11H,4-5,8-10H2,1H3,(H,16,17). The van der Waals surface area contributed by atoms with Crippen LogP contribution in [0.5, 0.6) is 0 Å². The molecule has 1 aliphatic rings. The van der Waals surface area contributed by atoms with E-state index in [2.05, 4.69) is 11.8 Å². The van der Waals surface area contributed by atoms with E-state index in [0.29, 0.717) is 6.04 Å². The van der Waals surface area contributed by atoms with Gasteiger partial charge in [0.1, 0.15) is 0 Å². The topological polar surface area (TPSA) is 40.5 Å². The van der Waals surface area contributed by atoms with Crippen LogP contribution < -0.4 is 0 Å². The second-order valence-electron chi connectivity index (χ2n) is 4.80. The van der Waals surface area contributed by atoms with Gasteiger partial charge in [-0.2, -0.15) is 0 Å². The lowest BCUT2D eigenvalue weighted by Crippen LogP contribution is -2.26. The largest absolute Gasteiger partial charge is 0.481 e. The first kappa shape index (κ1) is 12.1. The van der Waals surface area contributed by atoms with Crippen molar-refractivity contribution in [2.24, 2.45) is 0 Å². The van der Waals surface area contributed by atoms with Crippen LogP contribution in [-0.4, -0.2) is 28.6 Å². The molecule has 0 aliphatic carbocycles. The highest BCUT2D eigenvalue weighted by Crippen LogP contribution is 2.21. The molecule has 0 amide bonds. The predicted octanol–water partition coefficient (Wildman–Crippen LogP) is 2.30. The Hall–Kier alpha value is -1.35. The number of carboxylic acids is 1. The Morgan fingerprint density at radius 2 is 2.12 bits per heavy atom. The molecule has 1 atom stereocenters. The SMILES string of the molecule is CC1CCCN1Cc1ccccc1CC(=O)O. The van der Waals surface area contributed by atoms with Gasteiger partial charge < -0.3 is 5.11 Å². The van der Waals surface area contributed by atoms with Crippen LogP contribution in [0.3, 0.4) is 0 Å². The summed E-state index contributed by atoms with van der Waals surface area (Å²) in [5.41, 5.74) is 2.10. The summed E-state index contributed by atoms with van der Waals surface area (Å²) in [6, 6.07) is 8.48. The summed E-state index contributed by atoms with van der Waals surface area (Å²) >= 11 is 0. The van der Waals surface area contributed by atoms with Crippen LogP contribution in [-0.2, 0) is 17.8 Å². The average Bonchev–Trinajstić information content (AvgIpc) is 2.67. The lowest BCUT2D eigenvalue weighted by Gasteiger charge is -2.22. The van der Waals surface area contributed by atoms with Crippen LogP contribution in [0.4, 0.5) is 0 Å². The van der Waals surface area contributed by atoms with E-state index in [-0.39, 0.29) is 6.42 Å². The Morgan fingerprint density at radius 1 is 1.41 bits per heavy atom. The molecule has 1 aromatic rings. The van der Waals surface area contributed by atoms with Crippen LogP contribution in [0, 0.1) is 0 Å². The zero-order valence-electron chi connectivity index (χ0n) is 10.2. The molecule has 3 heteroatoms. The van der Waals surface area contributed by atoms with Crippen LogP contribution in [0.25, 0.3) is 0 Å². The van der Waals surface area contributed by atoms with E-state index in [4.69, 9.17) is 5.11 Å². The van der Waals surface area contributed by atoms with E-state index >= 15 is 0 Å². The molecular weight excluding hydrogens is 214 g/mol. The van der Waals surface area contributed by atoms with Gasteiger partial charge in [0.15, 0.2) is 0 Å². The molecule has 3 nitrogen and oxygen atoms in total. The number of benzene rings is 1. The molecule has 1 unspecified atom stereocenters. The fourth-order valence-corrected chi connectivity index (χ4v) is 2.49. The lowest BCUT2D eigenvalue weighted by molar-refractivity contribution is -0.136. The van der Waals surface area contributed by atoms with Crippen LogP contribution in [0.2, 0.25) is 0 Å². The highest BCUT2D eigenvalue weighted by atomic mass is 16.4. The molecule has 0 radical (unpaired) electrons. The van der Waals surface area contributed by atoms with Gasteiger partial charge in [-0.05, 0) is 37.4 Å². The van der Waals surface area contributed by atoms with Crippen molar-refractivity contribution in [2.75, 3.05) is 6.54 Å². The molecule has 0 aromatic heterocycles. The second kappa shape index (κ2) is 5.32. The Labute approximate surface area is 102 Å². The van der Waals surface area contributed by atoms with Crippen molar-refractivity contribution in [1.29, 1.82) is 0 Å². The molecule has 0 bridgehead atoms. The van der Waals surface area contributed by atoms with Crippen LogP contribution in [0.1, 0.15) is 30.9 Å². The molecule has 1 N–H and O–H groups in total. The average molecular weight is 233 g/mol. The van der Waals surface area contributed by atoms with Gasteiger partial charge in [-0.25, -0.2) is 0 Å². The number of hydrogen-bond donors (Lipinski definition) is 1. The van der Waals surface area contributed by atoms with Crippen LogP contribution in [0.15, 0.2) is 24.3 Å². The first-order valence-corrected chi connectivity index (χ1v) is 6.19. The van der Waals surface area contributed by atoms with E-state index in [1.54, 1.807) is 0 Å². The van der Waals surface area contributed by atoms with Gasteiger partial charge in [0.25, 0.3) is 0 Å². The molecule has 1 saturated heterocycles. The number of rotatable bonds is 4. The van der Waals surface area contributed by atoms with Gasteiger partial charge in [-0.3, -0.25) is 9.69 Å². The molecule has 0 saturated carbocycles. The van der Waals surface area contributed by atoms with Crippen molar-refractivity contribution in [3.05, 3.63) is 35.4 Å². The van der Waals surface area contributed by atoms with Crippen LogP contribution >= 0.6 is 0 Å². The van der Waals surface area contributed by atoms with E-state index in [0.717, 1.165) is 24.2 Å². The van der Waals surface area contributed by atoms with Gasteiger partial charge >= 0.3 is 5.97 Å². The molecule has 1 aromatic carbocycles. The number of nitrogens with zero attached hydrogens (tertiary/aromatic N) is 1. The maximum atomic E-state index is 10.8. The Balaban J connectivity index is 2.11. The molecule has 17 heavy (non-hydrogen) atoms. The van der Waals surface area contributed by atoms with Crippen molar-refractivity contribution in [3.8, 4) is 0 Å². The van der Waals surface area contributed by atoms with Gasteiger partial charge in [-0.1, -0.05) is 24.3 Å². The van der Waals surface area contributed by atoms with Crippen molar-refractivity contribution in [1.82, 2.24) is 4.90 Å². The summed E-state index contributed by atoms with van der Waals surface area (Å²) in [6.45, 7) is 4.25. The lowest BCUT2D eigenvalue weighted by atomic mass is 10.0. The van der Waals surface area contributed by atoms with Gasteiger partial charge in [0.05, 0.1) is 6.42 Å². The highest BCUT2D eigenvalue weighted by Gasteiger charge is 2.21. The summed E-state index contributed by atoms with van der Waals surface area (Å²) in [5, 5.41) is 8.89. The van der Waals surface area contributed by atoms with Gasteiger partial charge in [-0.15, -0.1) is 0 Å². The Bertz CT molecular complexity index is 403. The summed E-state index contributed by atoms with van der Waals surface area (Å²) in [6.07, 6.45) is 2.63. The van der Waals surface area contributed by atoms with Gasteiger partial charge in [0.2, 0.25) is 0 Å². The van der Waals surface area contributed by atoms with Gasteiger partial charge in [0, 0.05) is 12.6 Å². The molecule has 92 valence electrons. The van der Waals surface area contributed by atoms with E-state index < -0.39 is 5.97 Å². The first-order valence-electron chi connectivity index (χ1n) is 6.19. The summed E-state index contributed by atoms with van der Waals surface area (Å²) in [5.74, 6) is -0.757. The maximum absolute atomic E-state index is 10.8. The number of hydrogen-bond acceptors (Lipinski definition) is 2. The zero-order valence-corrected chi connectivity index (χ0v) is 10.2. The maximum Gasteiger partial charge on any atom is 0.307 e. The molecule has 2 rings (SSSR count). The third kappa shape index (κ3) is 3.07. The fourth-order valence-electron chi connectivity index (χ4n) is 2.49. The van der Waals surface area contributed by atoms with E-state index in [1.807, 2.05) is 24.3 Å². The molecule has 0 spiro atoms. The van der Waals surface area contributed by atoms with E-state index in [9.17, 15) is 4.79 Å². The highest BCUT2D eigenvalue weighted by molar-refractivity contribution is 5.70. The smallest absolute Gasteiger partial charge is 0.307 e. The minimum atomic E-state index is -0.757. The van der Waals surface area contributed by atoms with Crippen molar-refractivity contribution >= 4 is 5.97 Å². The number of aliphatic carboxylic acids is 1. The monoisotopic (exact) mass is 233 g/mol. The molecule has 1 fully saturated rings. The summed E-state index contributed by atoms with van der Waals surface area (Å²) < 4.78 is 0. The minimum absolute atomic E-state index is 0.123. The first-order chi connectivity index (χ1) is 8.16. The Morgan fingerprint density at radius 3 is 2.71 bits per heavy atom. The second-order valence-corrected chi connectivity index (χ2v) is 4.80. The van der Waals surface area contributed by atoms with Crippen molar-refractivity contribution in [2.45, 2.75) is 38.8 Å². The Kier molecular flexibility index (Phi) is 3.79. The molecule has 1 heterocycles. The summed E-state index contributed by atoms with van der Waals surface area (Å²) in [4.78, 5) is 13.2. The predicted molar refractivity (Wildman–Crippen MR) is 66.9 cm³/mol. The minimum Gasteiger partial charge on any atom is -0.481 e. The number of carboxylic acid groups (broad SMARTS) is 1. The van der Waals surface area contributed by atoms with Crippen molar-refractivity contribution < 1.29 is 9.90 Å². The number of likely N-dealkylation sites (tertiary alicyclic amines) is 1. The normalized spacial score (nSPS) is 20.6. The molecule has 1 aliphatic heterocycles. The third-order valence-corrected chi connectivity index (χ3v) is 3.52.